The van der Waals surface area contributed by atoms with Crippen molar-refractivity contribution in [1.82, 2.24) is 34.3 Å². The first-order chi connectivity index (χ1) is 15.4. The Balaban J connectivity index is 1.66. The molecular weight excluding hydrogens is 417 g/mol. The molecule has 0 N–H and O–H groups in total. The zero-order valence-corrected chi connectivity index (χ0v) is 17.1. The van der Waals surface area contributed by atoms with Crippen LogP contribution in [0.4, 0.5) is 4.39 Å². The molecule has 0 atom stereocenters. The quantitative estimate of drug-likeness (QED) is 0.428. The molecule has 4 heterocycles. The highest BCUT2D eigenvalue weighted by molar-refractivity contribution is 5.87. The third kappa shape index (κ3) is 3.11. The zero-order chi connectivity index (χ0) is 22.4. The molecule has 0 unspecified atom stereocenters. The van der Waals surface area contributed by atoms with E-state index in [1.54, 1.807) is 35.0 Å². The zero-order valence-electron chi connectivity index (χ0n) is 17.1. The second-order valence-electron chi connectivity index (χ2n) is 7.14. The van der Waals surface area contributed by atoms with Crippen LogP contribution in [-0.2, 0) is 13.6 Å². The molecule has 0 amide bonds. The molecule has 11 heteroatoms. The van der Waals surface area contributed by atoms with Gasteiger partial charge in [-0.1, -0.05) is 23.4 Å². The lowest BCUT2D eigenvalue weighted by Gasteiger charge is -2.06. The van der Waals surface area contributed by atoms with E-state index in [1.807, 2.05) is 0 Å². The Morgan fingerprint density at radius 3 is 2.72 bits per heavy atom. The number of fused-ring (bicyclic) bond motifs is 1. The molecule has 1 aromatic carbocycles. The van der Waals surface area contributed by atoms with Crippen LogP contribution in [0.25, 0.3) is 33.9 Å². The lowest BCUT2D eigenvalue weighted by molar-refractivity contribution is 0.0911. The molecule has 0 saturated carbocycles. The lowest BCUT2D eigenvalue weighted by Crippen LogP contribution is -2.22. The summed E-state index contributed by atoms with van der Waals surface area (Å²) >= 11 is 0. The number of benzene rings is 1. The molecule has 4 aromatic heterocycles. The maximum atomic E-state index is 14.2. The number of rotatable bonds is 4. The van der Waals surface area contributed by atoms with Crippen molar-refractivity contribution in [1.29, 1.82) is 0 Å². The molecule has 5 aromatic rings. The maximum absolute atomic E-state index is 14.2. The van der Waals surface area contributed by atoms with Crippen LogP contribution in [0, 0.1) is 5.82 Å². The third-order valence-corrected chi connectivity index (χ3v) is 5.08. The van der Waals surface area contributed by atoms with E-state index in [2.05, 4.69) is 20.2 Å². The topological polar surface area (TPSA) is 114 Å². The van der Waals surface area contributed by atoms with Gasteiger partial charge in [0.15, 0.2) is 11.5 Å². The van der Waals surface area contributed by atoms with Gasteiger partial charge in [-0.25, -0.2) is 19.0 Å². The van der Waals surface area contributed by atoms with Crippen LogP contribution >= 0.6 is 0 Å². The molecule has 0 bridgehead atoms. The molecule has 0 aliphatic rings. The summed E-state index contributed by atoms with van der Waals surface area (Å²) in [6, 6.07) is 9.76. The summed E-state index contributed by atoms with van der Waals surface area (Å²) in [5.41, 5.74) is 1.68. The molecule has 0 radical (unpaired) electrons. The summed E-state index contributed by atoms with van der Waals surface area (Å²) < 4.78 is 23.1. The summed E-state index contributed by atoms with van der Waals surface area (Å²) in [5.74, 6) is -0.518. The average Bonchev–Trinajstić information content (AvgIpc) is 3.49. The molecule has 10 nitrogen and oxygen atoms in total. The van der Waals surface area contributed by atoms with Crippen LogP contribution < -0.4 is 5.56 Å². The Bertz CT molecular complexity index is 1530. The van der Waals surface area contributed by atoms with Crippen molar-refractivity contribution in [2.24, 2.45) is 7.05 Å². The van der Waals surface area contributed by atoms with Crippen LogP contribution in [0.15, 0.2) is 58.2 Å². The molecule has 0 spiro atoms. The molecule has 32 heavy (non-hydrogen) atoms. The van der Waals surface area contributed by atoms with Crippen LogP contribution in [0.5, 0.6) is 0 Å². The number of carbonyl (C=O) groups excluding carboxylic acids is 1. The van der Waals surface area contributed by atoms with Gasteiger partial charge in [-0.3, -0.25) is 14.3 Å². The minimum atomic E-state index is -0.380. The second-order valence-corrected chi connectivity index (χ2v) is 7.14. The normalized spacial score (nSPS) is 11.3. The van der Waals surface area contributed by atoms with Crippen molar-refractivity contribution in [2.75, 3.05) is 0 Å². The Hall–Kier alpha value is -4.41. The van der Waals surface area contributed by atoms with Gasteiger partial charge in [0, 0.05) is 31.8 Å². The molecule has 0 fully saturated rings. The van der Waals surface area contributed by atoms with Gasteiger partial charge in [0.1, 0.15) is 28.9 Å². The van der Waals surface area contributed by atoms with Gasteiger partial charge in [0.05, 0.1) is 12.2 Å². The Kier molecular flexibility index (Phi) is 4.51. The molecule has 160 valence electrons. The van der Waals surface area contributed by atoms with Crippen LogP contribution in [0.3, 0.4) is 0 Å². The van der Waals surface area contributed by atoms with Crippen LogP contribution in [0.2, 0.25) is 0 Å². The first-order valence-corrected chi connectivity index (χ1v) is 9.62. The van der Waals surface area contributed by atoms with Crippen molar-refractivity contribution >= 4 is 16.9 Å². The molecule has 0 saturated heterocycles. The number of nitrogens with zero attached hydrogens (tertiary/aromatic N) is 7. The van der Waals surface area contributed by atoms with Gasteiger partial charge < -0.3 is 4.52 Å². The fourth-order valence-electron chi connectivity index (χ4n) is 3.56. The summed E-state index contributed by atoms with van der Waals surface area (Å²) in [6.07, 6.45) is 2.79. The van der Waals surface area contributed by atoms with E-state index in [4.69, 9.17) is 4.52 Å². The largest absolute Gasteiger partial charge is 0.364 e. The van der Waals surface area contributed by atoms with Gasteiger partial charge in [-0.05, 0) is 12.1 Å². The Morgan fingerprint density at radius 2 is 2.00 bits per heavy atom. The number of hydrogen-bond donors (Lipinski definition) is 0. The van der Waals surface area contributed by atoms with E-state index < -0.39 is 0 Å². The number of halogens is 1. The molecule has 0 aliphatic carbocycles. The maximum Gasteiger partial charge on any atom is 0.277 e. The van der Waals surface area contributed by atoms with E-state index >= 15 is 0 Å². The van der Waals surface area contributed by atoms with Crippen molar-refractivity contribution < 1.29 is 13.7 Å². The van der Waals surface area contributed by atoms with Crippen molar-refractivity contribution in [3.63, 3.8) is 0 Å². The Labute approximate surface area is 179 Å². The summed E-state index contributed by atoms with van der Waals surface area (Å²) in [5, 5.41) is 8.72. The SMILES string of the molecule is CC(=O)n1c2nc(-c3cc(-c4ccon4)n(Cc4ccccc4F)n3)ncc2c(=O)n1C. The summed E-state index contributed by atoms with van der Waals surface area (Å²) in [6.45, 7) is 1.48. The number of carbonyl (C=O) groups is 1. The van der Waals surface area contributed by atoms with Gasteiger partial charge in [0.25, 0.3) is 5.56 Å². The number of aromatic nitrogens is 7. The molecule has 5 rings (SSSR count). The van der Waals surface area contributed by atoms with Gasteiger partial charge in [0.2, 0.25) is 5.91 Å². The van der Waals surface area contributed by atoms with Gasteiger partial charge >= 0.3 is 0 Å². The fraction of sp³-hybridized carbons (Fsp3) is 0.143. The Morgan fingerprint density at radius 1 is 1.19 bits per heavy atom. The van der Waals surface area contributed by atoms with E-state index in [0.29, 0.717) is 22.6 Å². The monoisotopic (exact) mass is 433 g/mol. The van der Waals surface area contributed by atoms with Gasteiger partial charge in [-0.15, -0.1) is 0 Å². The predicted octanol–water partition coefficient (Wildman–Crippen LogP) is 2.50. The van der Waals surface area contributed by atoms with Gasteiger partial charge in [-0.2, -0.15) is 9.78 Å². The van der Waals surface area contributed by atoms with Crippen molar-refractivity contribution in [2.45, 2.75) is 13.5 Å². The minimum absolute atomic E-state index is 0.139. The second kappa shape index (κ2) is 7.38. The van der Waals surface area contributed by atoms with E-state index in [9.17, 15) is 14.0 Å². The highest BCUT2D eigenvalue weighted by Crippen LogP contribution is 2.25. The highest BCUT2D eigenvalue weighted by atomic mass is 19.1. The van der Waals surface area contributed by atoms with Crippen LogP contribution in [-0.4, -0.2) is 40.2 Å². The molecule has 0 aliphatic heterocycles. The van der Waals surface area contributed by atoms with Crippen LogP contribution in [0.1, 0.15) is 17.3 Å². The van der Waals surface area contributed by atoms with Crippen molar-refractivity contribution in [3.05, 3.63) is 70.6 Å². The highest BCUT2D eigenvalue weighted by Gasteiger charge is 2.20. The van der Waals surface area contributed by atoms with E-state index in [1.165, 1.54) is 41.9 Å². The summed E-state index contributed by atoms with van der Waals surface area (Å²) in [4.78, 5) is 33.1. The number of hydrogen-bond acceptors (Lipinski definition) is 7. The third-order valence-electron chi connectivity index (χ3n) is 5.08. The minimum Gasteiger partial charge on any atom is -0.364 e. The van der Waals surface area contributed by atoms with Crippen molar-refractivity contribution in [3.8, 4) is 22.9 Å². The predicted molar refractivity (Wildman–Crippen MR) is 111 cm³/mol. The lowest BCUT2D eigenvalue weighted by atomic mass is 10.2. The van der Waals surface area contributed by atoms with E-state index in [0.717, 1.165) is 0 Å². The standard InChI is InChI=1S/C21H16FN7O3/c1-12(30)29-20-14(21(31)27(29)2)10-23-19(24-20)17-9-18(16-7-8-32-26-16)28(25-17)11-13-5-3-4-6-15(13)22/h3-10H,11H2,1-2H3. The summed E-state index contributed by atoms with van der Waals surface area (Å²) in [7, 11) is 1.48. The fourth-order valence-corrected chi connectivity index (χ4v) is 3.56. The smallest absolute Gasteiger partial charge is 0.277 e. The molecular formula is C21H16FN7O3. The first kappa shape index (κ1) is 19.5. The average molecular weight is 433 g/mol. The first-order valence-electron chi connectivity index (χ1n) is 9.62. The van der Waals surface area contributed by atoms with E-state index in [-0.39, 0.29) is 40.7 Å².